The molecule has 34 heavy (non-hydrogen) atoms. The second-order valence-electron chi connectivity index (χ2n) is 8.65. The van der Waals surface area contributed by atoms with E-state index in [1.54, 1.807) is 0 Å². The van der Waals surface area contributed by atoms with Gasteiger partial charge in [0, 0.05) is 34.0 Å². The molecule has 1 saturated heterocycles. The van der Waals surface area contributed by atoms with Gasteiger partial charge in [0.25, 0.3) is 0 Å². The highest BCUT2D eigenvalue weighted by molar-refractivity contribution is 7.80. The maximum atomic E-state index is 6.19. The zero-order chi connectivity index (χ0) is 23.8. The summed E-state index contributed by atoms with van der Waals surface area (Å²) in [5, 5.41) is 4.93. The van der Waals surface area contributed by atoms with E-state index in [-0.39, 0.29) is 12.1 Å². The Morgan fingerprint density at radius 2 is 1.68 bits per heavy atom. The zero-order valence-corrected chi connectivity index (χ0v) is 21.1. The molecule has 5 rings (SSSR count). The van der Waals surface area contributed by atoms with Crippen LogP contribution >= 0.6 is 23.8 Å². The lowest BCUT2D eigenvalue weighted by Crippen LogP contribution is -2.29. The summed E-state index contributed by atoms with van der Waals surface area (Å²) < 4.78 is 2.33. The smallest absolute Gasteiger partial charge is 0.174 e. The fourth-order valence-electron chi connectivity index (χ4n) is 4.92. The highest BCUT2D eigenvalue weighted by Gasteiger charge is 2.42. The third-order valence-corrected chi connectivity index (χ3v) is 7.16. The van der Waals surface area contributed by atoms with Crippen LogP contribution in [0.3, 0.4) is 0 Å². The normalized spacial score (nSPS) is 17.8. The minimum Gasteiger partial charge on any atom is -0.351 e. The second kappa shape index (κ2) is 9.24. The average molecular weight is 487 g/mol. The summed E-state index contributed by atoms with van der Waals surface area (Å²) in [6.45, 7) is 6.53. The Labute approximate surface area is 211 Å². The first-order valence-corrected chi connectivity index (χ1v) is 12.3. The Kier molecular flexibility index (Phi) is 6.15. The van der Waals surface area contributed by atoms with Gasteiger partial charge in [-0.05, 0) is 98.2 Å². The number of anilines is 1. The molecule has 0 amide bonds. The molecule has 2 aromatic carbocycles. The van der Waals surface area contributed by atoms with E-state index < -0.39 is 0 Å². The standard InChI is InChI=1S/C28H27ClN4S/c1-4-20-8-12-22(13-9-20)32-18(2)17-24(19(32)3)27-26(25-7-5-6-16-30-25)31-28(34)33(27)23-14-10-21(29)11-15-23/h5-17,26-27H,4H2,1-3H3,(H,31,34)/t26-,27+/m1/s1. The quantitative estimate of drug-likeness (QED) is 0.311. The molecule has 1 aliphatic rings. The minimum atomic E-state index is -0.0826. The average Bonchev–Trinajstić information content (AvgIpc) is 3.35. The molecule has 0 saturated carbocycles. The van der Waals surface area contributed by atoms with Gasteiger partial charge >= 0.3 is 0 Å². The molecule has 0 spiro atoms. The molecule has 4 aromatic rings. The van der Waals surface area contributed by atoms with Crippen molar-refractivity contribution >= 4 is 34.6 Å². The van der Waals surface area contributed by atoms with E-state index in [0.29, 0.717) is 10.1 Å². The van der Waals surface area contributed by atoms with E-state index in [1.807, 2.05) is 42.6 Å². The van der Waals surface area contributed by atoms with Gasteiger partial charge in [0.15, 0.2) is 5.11 Å². The topological polar surface area (TPSA) is 33.1 Å². The largest absolute Gasteiger partial charge is 0.351 e. The van der Waals surface area contributed by atoms with Crippen molar-refractivity contribution in [3.8, 4) is 5.69 Å². The summed E-state index contributed by atoms with van der Waals surface area (Å²) in [4.78, 5) is 6.86. The van der Waals surface area contributed by atoms with E-state index in [4.69, 9.17) is 23.8 Å². The van der Waals surface area contributed by atoms with Gasteiger partial charge in [-0.15, -0.1) is 0 Å². The van der Waals surface area contributed by atoms with E-state index in [0.717, 1.165) is 17.8 Å². The van der Waals surface area contributed by atoms with Crippen molar-refractivity contribution in [1.82, 2.24) is 14.9 Å². The Bertz CT molecular complexity index is 1310. The van der Waals surface area contributed by atoms with Gasteiger partial charge in [0.2, 0.25) is 0 Å². The number of halogens is 1. The fourth-order valence-corrected chi connectivity index (χ4v) is 5.39. The Morgan fingerprint density at radius 1 is 0.971 bits per heavy atom. The minimum absolute atomic E-state index is 0.0570. The molecule has 0 aliphatic carbocycles. The molecule has 3 heterocycles. The number of benzene rings is 2. The molecular weight excluding hydrogens is 460 g/mol. The molecule has 2 atom stereocenters. The molecule has 0 unspecified atom stereocenters. The number of aryl methyl sites for hydroxylation is 2. The van der Waals surface area contributed by atoms with Gasteiger partial charge in [0.05, 0.1) is 17.8 Å². The number of hydrogen-bond acceptors (Lipinski definition) is 2. The summed E-state index contributed by atoms with van der Waals surface area (Å²) >= 11 is 12.1. The fraction of sp³-hybridized carbons (Fsp3) is 0.214. The van der Waals surface area contributed by atoms with Crippen LogP contribution < -0.4 is 10.2 Å². The lowest BCUT2D eigenvalue weighted by molar-refractivity contribution is 0.565. The predicted octanol–water partition coefficient (Wildman–Crippen LogP) is 6.88. The van der Waals surface area contributed by atoms with E-state index in [1.165, 1.54) is 28.2 Å². The first kappa shape index (κ1) is 22.6. The summed E-state index contributed by atoms with van der Waals surface area (Å²) in [5.41, 5.74) is 8.06. The van der Waals surface area contributed by atoms with Gasteiger partial charge in [-0.2, -0.15) is 0 Å². The van der Waals surface area contributed by atoms with Crippen molar-refractivity contribution in [1.29, 1.82) is 0 Å². The number of pyridine rings is 1. The summed E-state index contributed by atoms with van der Waals surface area (Å²) in [6, 6.07) is 24.8. The van der Waals surface area contributed by atoms with Crippen LogP contribution in [0.4, 0.5) is 5.69 Å². The Hall–Kier alpha value is -3.15. The van der Waals surface area contributed by atoms with Gasteiger partial charge in [-0.1, -0.05) is 36.7 Å². The SMILES string of the molecule is CCc1ccc(-n2c(C)cc([C@H]3[C@@H](c4ccccn4)NC(=S)N3c3ccc(Cl)cc3)c2C)cc1. The van der Waals surface area contributed by atoms with Gasteiger partial charge in [-0.3, -0.25) is 4.98 Å². The Morgan fingerprint density at radius 3 is 2.32 bits per heavy atom. The first-order valence-electron chi connectivity index (χ1n) is 11.5. The van der Waals surface area contributed by atoms with Crippen LogP contribution in [-0.2, 0) is 6.42 Å². The predicted molar refractivity (Wildman–Crippen MR) is 144 cm³/mol. The third kappa shape index (κ3) is 3.99. The lowest BCUT2D eigenvalue weighted by Gasteiger charge is -2.28. The van der Waals surface area contributed by atoms with E-state index >= 15 is 0 Å². The highest BCUT2D eigenvalue weighted by atomic mass is 35.5. The molecule has 4 nitrogen and oxygen atoms in total. The highest BCUT2D eigenvalue weighted by Crippen LogP contribution is 2.43. The van der Waals surface area contributed by atoms with Crippen molar-refractivity contribution in [3.63, 3.8) is 0 Å². The van der Waals surface area contributed by atoms with Crippen LogP contribution in [-0.4, -0.2) is 14.7 Å². The third-order valence-electron chi connectivity index (χ3n) is 6.59. The molecule has 1 aliphatic heterocycles. The van der Waals surface area contributed by atoms with E-state index in [2.05, 4.69) is 76.9 Å². The summed E-state index contributed by atoms with van der Waals surface area (Å²) in [7, 11) is 0. The molecule has 6 heteroatoms. The molecule has 172 valence electrons. The molecule has 1 N–H and O–H groups in total. The maximum Gasteiger partial charge on any atom is 0.174 e. The summed E-state index contributed by atoms with van der Waals surface area (Å²) in [6.07, 6.45) is 2.86. The Balaban J connectivity index is 1.65. The molecular formula is C28H27ClN4S. The summed E-state index contributed by atoms with van der Waals surface area (Å²) in [5.74, 6) is 0. The van der Waals surface area contributed by atoms with Crippen molar-refractivity contribution in [2.45, 2.75) is 39.3 Å². The van der Waals surface area contributed by atoms with Gasteiger partial charge in [-0.25, -0.2) is 0 Å². The van der Waals surface area contributed by atoms with Crippen LogP contribution in [0.1, 0.15) is 47.2 Å². The second-order valence-corrected chi connectivity index (χ2v) is 9.48. The zero-order valence-electron chi connectivity index (χ0n) is 19.5. The number of thiocarbonyl (C=S) groups is 1. The van der Waals surface area contributed by atoms with Crippen LogP contribution in [0.2, 0.25) is 5.02 Å². The number of aromatic nitrogens is 2. The molecule has 2 aromatic heterocycles. The van der Waals surface area contributed by atoms with Crippen LogP contribution in [0.25, 0.3) is 5.69 Å². The van der Waals surface area contributed by atoms with Gasteiger partial charge in [0.1, 0.15) is 0 Å². The number of nitrogens with one attached hydrogen (secondary N) is 1. The number of hydrogen-bond donors (Lipinski definition) is 1. The van der Waals surface area contributed by atoms with Crippen LogP contribution in [0, 0.1) is 13.8 Å². The van der Waals surface area contributed by atoms with Crippen LogP contribution in [0.5, 0.6) is 0 Å². The van der Waals surface area contributed by atoms with Crippen LogP contribution in [0.15, 0.2) is 79.0 Å². The van der Waals surface area contributed by atoms with Crippen molar-refractivity contribution in [2.24, 2.45) is 0 Å². The number of nitrogens with zero attached hydrogens (tertiary/aromatic N) is 3. The molecule has 1 fully saturated rings. The van der Waals surface area contributed by atoms with Crippen molar-refractivity contribution in [2.75, 3.05) is 4.90 Å². The monoisotopic (exact) mass is 486 g/mol. The van der Waals surface area contributed by atoms with Crippen molar-refractivity contribution < 1.29 is 0 Å². The maximum absolute atomic E-state index is 6.19. The molecule has 0 bridgehead atoms. The van der Waals surface area contributed by atoms with Crippen molar-refractivity contribution in [3.05, 3.63) is 112 Å². The van der Waals surface area contributed by atoms with Gasteiger partial charge < -0.3 is 14.8 Å². The van der Waals surface area contributed by atoms with E-state index in [9.17, 15) is 0 Å². The first-order chi connectivity index (χ1) is 16.5. The molecule has 0 radical (unpaired) electrons. The lowest BCUT2D eigenvalue weighted by atomic mass is 9.96. The number of rotatable bonds is 5.